The van der Waals surface area contributed by atoms with Gasteiger partial charge < -0.3 is 4.57 Å². The van der Waals surface area contributed by atoms with E-state index in [0.29, 0.717) is 0 Å². The van der Waals surface area contributed by atoms with Crippen molar-refractivity contribution in [1.29, 1.82) is 0 Å². The van der Waals surface area contributed by atoms with E-state index in [1.807, 2.05) is 17.4 Å². The molecule has 6 aromatic carbocycles. The Morgan fingerprint density at radius 3 is 2.15 bits per heavy atom. The number of nitrogens with zero attached hydrogens (tertiary/aromatic N) is 3. The fourth-order valence-electron chi connectivity index (χ4n) is 7.84. The maximum absolute atomic E-state index is 5.46. The van der Waals surface area contributed by atoms with Crippen LogP contribution in [0.3, 0.4) is 0 Å². The van der Waals surface area contributed by atoms with Gasteiger partial charge in [-0.2, -0.15) is 0 Å². The highest BCUT2D eigenvalue weighted by Gasteiger charge is 2.40. The van der Waals surface area contributed by atoms with Crippen LogP contribution in [0.2, 0.25) is 0 Å². The molecule has 0 radical (unpaired) electrons. The van der Waals surface area contributed by atoms with Crippen molar-refractivity contribution in [3.05, 3.63) is 151 Å². The number of fused-ring (bicyclic) bond motifs is 10. The van der Waals surface area contributed by atoms with Crippen LogP contribution in [0.15, 0.2) is 140 Å². The molecule has 47 heavy (non-hydrogen) atoms. The molecule has 0 aliphatic heterocycles. The van der Waals surface area contributed by atoms with E-state index in [4.69, 9.17) is 9.97 Å². The van der Waals surface area contributed by atoms with Crippen LogP contribution in [0.25, 0.3) is 81.4 Å². The van der Waals surface area contributed by atoms with Crippen LogP contribution in [0.5, 0.6) is 0 Å². The first-order valence-corrected chi connectivity index (χ1v) is 16.9. The number of rotatable bonds is 3. The predicted molar refractivity (Wildman–Crippen MR) is 198 cm³/mol. The molecule has 0 saturated carbocycles. The Balaban J connectivity index is 1.37. The smallest absolute Gasteiger partial charge is 0.160 e. The normalized spacial score (nSPS) is 13.5. The zero-order valence-corrected chi connectivity index (χ0v) is 26.8. The Bertz CT molecular complexity index is 2710. The van der Waals surface area contributed by atoms with Gasteiger partial charge in [0, 0.05) is 53.1 Å². The molecular formula is C43H29N3S. The van der Waals surface area contributed by atoms with E-state index in [0.717, 1.165) is 39.6 Å². The van der Waals surface area contributed by atoms with Crippen LogP contribution in [0.4, 0.5) is 0 Å². The fraction of sp³-hybridized carbons (Fsp3) is 0.0698. The van der Waals surface area contributed by atoms with Gasteiger partial charge >= 0.3 is 0 Å². The van der Waals surface area contributed by atoms with E-state index in [-0.39, 0.29) is 5.41 Å². The summed E-state index contributed by atoms with van der Waals surface area (Å²) in [6.45, 7) is 4.58. The van der Waals surface area contributed by atoms with Gasteiger partial charge in [0.15, 0.2) is 5.82 Å². The van der Waals surface area contributed by atoms with Gasteiger partial charge in [-0.15, -0.1) is 11.3 Å². The summed E-state index contributed by atoms with van der Waals surface area (Å²) in [5.74, 6) is 0.753. The molecule has 0 bridgehead atoms. The van der Waals surface area contributed by atoms with E-state index >= 15 is 0 Å². The third kappa shape index (κ3) is 3.67. The Hall–Kier alpha value is -5.58. The van der Waals surface area contributed by atoms with Gasteiger partial charge in [-0.05, 0) is 35.4 Å². The van der Waals surface area contributed by atoms with Crippen LogP contribution in [-0.2, 0) is 5.41 Å². The Morgan fingerprint density at radius 2 is 1.28 bits per heavy atom. The largest absolute Gasteiger partial charge is 0.308 e. The van der Waals surface area contributed by atoms with Crippen molar-refractivity contribution in [3.63, 3.8) is 0 Å². The summed E-state index contributed by atoms with van der Waals surface area (Å²) in [5, 5.41) is 5.11. The average Bonchev–Trinajstić information content (AvgIpc) is 3.74. The van der Waals surface area contributed by atoms with Crippen molar-refractivity contribution in [3.8, 4) is 39.5 Å². The summed E-state index contributed by atoms with van der Waals surface area (Å²) in [6, 6.07) is 50.2. The van der Waals surface area contributed by atoms with Crippen molar-refractivity contribution >= 4 is 53.3 Å². The molecule has 3 nitrogen and oxygen atoms in total. The van der Waals surface area contributed by atoms with Crippen molar-refractivity contribution in [2.45, 2.75) is 19.3 Å². The zero-order chi connectivity index (χ0) is 31.3. The molecule has 0 fully saturated rings. The van der Waals surface area contributed by atoms with E-state index in [9.17, 15) is 0 Å². The first-order chi connectivity index (χ1) is 23.1. The van der Waals surface area contributed by atoms with Crippen molar-refractivity contribution in [1.82, 2.24) is 14.5 Å². The van der Waals surface area contributed by atoms with Crippen molar-refractivity contribution in [2.24, 2.45) is 0 Å². The number of para-hydroxylation sites is 2. The average molecular weight is 620 g/mol. The maximum atomic E-state index is 5.46. The molecule has 0 saturated heterocycles. The molecule has 1 aliphatic carbocycles. The summed E-state index contributed by atoms with van der Waals surface area (Å²) in [4.78, 5) is 10.8. The first-order valence-electron chi connectivity index (χ1n) is 16.1. The van der Waals surface area contributed by atoms with Crippen LogP contribution >= 0.6 is 11.3 Å². The lowest BCUT2D eigenvalue weighted by atomic mass is 9.85. The van der Waals surface area contributed by atoms with Crippen LogP contribution in [0, 0.1) is 0 Å². The van der Waals surface area contributed by atoms with Crippen LogP contribution < -0.4 is 0 Å². The lowest BCUT2D eigenvalue weighted by Crippen LogP contribution is -2.17. The third-order valence-electron chi connectivity index (χ3n) is 9.98. The van der Waals surface area contributed by atoms with Gasteiger partial charge in [0.1, 0.15) is 0 Å². The molecule has 222 valence electrons. The van der Waals surface area contributed by atoms with Crippen molar-refractivity contribution in [2.75, 3.05) is 0 Å². The molecule has 10 rings (SSSR count). The summed E-state index contributed by atoms with van der Waals surface area (Å²) in [5.41, 5.74) is 11.1. The molecular weight excluding hydrogens is 591 g/mol. The molecule has 0 atom stereocenters. The second kappa shape index (κ2) is 9.71. The van der Waals surface area contributed by atoms with Crippen LogP contribution in [-0.4, -0.2) is 14.5 Å². The standard InChI is InChI=1S/C43H29N3S/c1-43(2)32-20-10-6-17-29(32)38-39(44-42(45-41(38)43)26-14-4-3-5-15-26)30-18-8-12-22-34(30)46-33-21-11-7-16-27(33)28-24-25-36-37(40(28)46)31-19-9-13-23-35(31)47-36/h3-25H,1-2H3. The topological polar surface area (TPSA) is 30.7 Å². The monoisotopic (exact) mass is 619 g/mol. The zero-order valence-electron chi connectivity index (χ0n) is 26.0. The SMILES string of the molecule is CC1(C)c2ccccc2-c2c(-c3ccccc3-n3c4ccccc4c4ccc5sc6ccccc6c5c43)nc(-c3ccccc3)nc21. The van der Waals surface area contributed by atoms with E-state index in [1.54, 1.807) is 0 Å². The summed E-state index contributed by atoms with van der Waals surface area (Å²) in [7, 11) is 0. The highest BCUT2D eigenvalue weighted by atomic mass is 32.1. The minimum Gasteiger partial charge on any atom is -0.308 e. The van der Waals surface area contributed by atoms with Gasteiger partial charge in [0.05, 0.1) is 28.1 Å². The lowest BCUT2D eigenvalue weighted by molar-refractivity contribution is 0.636. The van der Waals surface area contributed by atoms with Gasteiger partial charge in [-0.1, -0.05) is 129 Å². The first kappa shape index (κ1) is 26.6. The van der Waals surface area contributed by atoms with E-state index in [1.165, 1.54) is 53.1 Å². The minimum atomic E-state index is -0.267. The number of hydrogen-bond acceptors (Lipinski definition) is 3. The number of thiophene rings is 1. The number of benzene rings is 6. The van der Waals surface area contributed by atoms with E-state index in [2.05, 4.69) is 152 Å². The quantitative estimate of drug-likeness (QED) is 0.197. The molecule has 1 aliphatic rings. The molecule has 9 aromatic rings. The predicted octanol–water partition coefficient (Wildman–Crippen LogP) is 11.6. The molecule has 0 amide bonds. The van der Waals surface area contributed by atoms with Gasteiger partial charge in [0.25, 0.3) is 0 Å². The molecule has 0 spiro atoms. The fourth-order valence-corrected chi connectivity index (χ4v) is 8.95. The van der Waals surface area contributed by atoms with Gasteiger partial charge in [-0.25, -0.2) is 9.97 Å². The maximum Gasteiger partial charge on any atom is 0.160 e. The van der Waals surface area contributed by atoms with Crippen LogP contribution in [0.1, 0.15) is 25.1 Å². The molecule has 3 heterocycles. The second-order valence-electron chi connectivity index (χ2n) is 13.0. The lowest BCUT2D eigenvalue weighted by Gasteiger charge is -2.21. The van der Waals surface area contributed by atoms with Gasteiger partial charge in [-0.3, -0.25) is 0 Å². The highest BCUT2D eigenvalue weighted by molar-refractivity contribution is 7.26. The highest BCUT2D eigenvalue weighted by Crippen LogP contribution is 2.52. The molecule has 0 N–H and O–H groups in total. The third-order valence-corrected chi connectivity index (χ3v) is 11.1. The molecule has 4 heteroatoms. The Morgan fingerprint density at radius 1 is 0.574 bits per heavy atom. The van der Waals surface area contributed by atoms with E-state index < -0.39 is 0 Å². The summed E-state index contributed by atoms with van der Waals surface area (Å²) in [6.07, 6.45) is 0. The number of aromatic nitrogens is 3. The molecule has 0 unspecified atom stereocenters. The second-order valence-corrected chi connectivity index (χ2v) is 14.0. The van der Waals surface area contributed by atoms with Crippen molar-refractivity contribution < 1.29 is 0 Å². The summed E-state index contributed by atoms with van der Waals surface area (Å²) >= 11 is 1.86. The summed E-state index contributed by atoms with van der Waals surface area (Å²) < 4.78 is 5.09. The Kier molecular flexibility index (Phi) is 5.50. The number of hydrogen-bond donors (Lipinski definition) is 0. The minimum absolute atomic E-state index is 0.267. The van der Waals surface area contributed by atoms with Gasteiger partial charge in [0.2, 0.25) is 0 Å². The molecule has 3 aromatic heterocycles. The Labute approximate surface area is 276 Å².